The van der Waals surface area contributed by atoms with Crippen LogP contribution in [0.5, 0.6) is 0 Å². The molecule has 0 atom stereocenters. The molecule has 1 N–H and O–H groups in total. The minimum absolute atomic E-state index is 0.471. The molecule has 0 aliphatic heterocycles. The lowest BCUT2D eigenvalue weighted by Crippen LogP contribution is -2.16. The standard InChI is InChI=1S/C25H18F2N4O/c26-19-7-4-8-20(27)22(19)25(32)30-17-10-11-18-15(13-17)5-3-6-16-14-29-24(31-23(16)18)21-9-1-2-12-28-21/h1-2,4,7-14H,3,5-6H2,(H,30,32). The molecule has 0 spiro atoms. The van der Waals surface area contributed by atoms with Gasteiger partial charge in [0.2, 0.25) is 0 Å². The topological polar surface area (TPSA) is 67.8 Å². The summed E-state index contributed by atoms with van der Waals surface area (Å²) in [5, 5.41) is 2.61. The van der Waals surface area contributed by atoms with Gasteiger partial charge in [-0.05, 0) is 66.8 Å². The van der Waals surface area contributed by atoms with Crippen LogP contribution in [0.4, 0.5) is 14.5 Å². The third kappa shape index (κ3) is 3.73. The Morgan fingerprint density at radius 3 is 2.50 bits per heavy atom. The van der Waals surface area contributed by atoms with Gasteiger partial charge in [0, 0.05) is 23.6 Å². The van der Waals surface area contributed by atoms with Gasteiger partial charge >= 0.3 is 0 Å². The van der Waals surface area contributed by atoms with Crippen LogP contribution < -0.4 is 5.32 Å². The molecule has 0 radical (unpaired) electrons. The van der Waals surface area contributed by atoms with Crippen LogP contribution in [-0.4, -0.2) is 20.9 Å². The molecule has 1 aliphatic rings. The van der Waals surface area contributed by atoms with Gasteiger partial charge < -0.3 is 5.32 Å². The Hall–Kier alpha value is -4.00. The van der Waals surface area contributed by atoms with Crippen molar-refractivity contribution < 1.29 is 13.6 Å². The molecule has 5 nitrogen and oxygen atoms in total. The summed E-state index contributed by atoms with van der Waals surface area (Å²) in [6, 6.07) is 14.4. The first-order chi connectivity index (χ1) is 15.6. The van der Waals surface area contributed by atoms with Gasteiger partial charge in [0.25, 0.3) is 5.91 Å². The molecule has 0 unspecified atom stereocenters. The average Bonchev–Trinajstić information content (AvgIpc) is 2.98. The van der Waals surface area contributed by atoms with E-state index in [-0.39, 0.29) is 0 Å². The number of carbonyl (C=O) groups is 1. The lowest BCUT2D eigenvalue weighted by atomic mass is 10.0. The second-order valence-electron chi connectivity index (χ2n) is 7.56. The molecule has 0 fully saturated rings. The Balaban J connectivity index is 1.50. The van der Waals surface area contributed by atoms with Crippen molar-refractivity contribution in [2.75, 3.05) is 5.32 Å². The Labute approximate surface area is 183 Å². The molecule has 1 amide bonds. The number of halogens is 2. The van der Waals surface area contributed by atoms with Crippen LogP contribution in [0.1, 0.15) is 27.9 Å². The molecule has 0 saturated carbocycles. The molecule has 158 valence electrons. The van der Waals surface area contributed by atoms with Gasteiger partial charge in [-0.15, -0.1) is 0 Å². The van der Waals surface area contributed by atoms with Crippen LogP contribution in [0, 0.1) is 11.6 Å². The van der Waals surface area contributed by atoms with E-state index in [1.54, 1.807) is 12.3 Å². The van der Waals surface area contributed by atoms with E-state index in [0.717, 1.165) is 53.8 Å². The minimum atomic E-state index is -0.898. The number of amides is 1. The molecular weight excluding hydrogens is 410 g/mol. The van der Waals surface area contributed by atoms with Crippen LogP contribution in [0.2, 0.25) is 0 Å². The Bertz CT molecular complexity index is 1300. The zero-order chi connectivity index (χ0) is 22.1. The maximum absolute atomic E-state index is 14.0. The summed E-state index contributed by atoms with van der Waals surface area (Å²) in [5.74, 6) is -2.08. The van der Waals surface area contributed by atoms with Crippen molar-refractivity contribution in [3.05, 3.63) is 95.3 Å². The Kier molecular flexibility index (Phi) is 5.15. The van der Waals surface area contributed by atoms with Crippen molar-refractivity contribution in [3.8, 4) is 22.8 Å². The molecule has 2 aromatic heterocycles. The fourth-order valence-corrected chi connectivity index (χ4v) is 3.93. The Morgan fingerprint density at radius 1 is 0.906 bits per heavy atom. The second-order valence-corrected chi connectivity index (χ2v) is 7.56. The fourth-order valence-electron chi connectivity index (χ4n) is 3.93. The van der Waals surface area contributed by atoms with E-state index < -0.39 is 23.1 Å². The van der Waals surface area contributed by atoms with Crippen LogP contribution in [-0.2, 0) is 12.8 Å². The third-order valence-corrected chi connectivity index (χ3v) is 5.46. The monoisotopic (exact) mass is 428 g/mol. The van der Waals surface area contributed by atoms with Crippen LogP contribution in [0.15, 0.2) is 67.0 Å². The van der Waals surface area contributed by atoms with E-state index in [1.807, 2.05) is 36.5 Å². The maximum Gasteiger partial charge on any atom is 0.261 e. The molecule has 5 rings (SSSR count). The van der Waals surface area contributed by atoms with Gasteiger partial charge in [0.05, 0.1) is 5.69 Å². The molecule has 0 bridgehead atoms. The predicted octanol–water partition coefficient (Wildman–Crippen LogP) is 5.22. The number of hydrogen-bond acceptors (Lipinski definition) is 4. The van der Waals surface area contributed by atoms with E-state index >= 15 is 0 Å². The number of fused-ring (bicyclic) bond motifs is 3. The van der Waals surface area contributed by atoms with Gasteiger partial charge in [0.1, 0.15) is 22.9 Å². The summed E-state index contributed by atoms with van der Waals surface area (Å²) in [7, 11) is 0. The van der Waals surface area contributed by atoms with Crippen molar-refractivity contribution in [2.24, 2.45) is 0 Å². The first-order valence-electron chi connectivity index (χ1n) is 10.3. The highest BCUT2D eigenvalue weighted by Gasteiger charge is 2.20. The van der Waals surface area contributed by atoms with Gasteiger partial charge in [-0.1, -0.05) is 18.2 Å². The number of nitrogens with one attached hydrogen (secondary N) is 1. The summed E-state index contributed by atoms with van der Waals surface area (Å²) >= 11 is 0. The molecule has 32 heavy (non-hydrogen) atoms. The highest BCUT2D eigenvalue weighted by atomic mass is 19.1. The van der Waals surface area contributed by atoms with Gasteiger partial charge in [-0.3, -0.25) is 9.78 Å². The number of pyridine rings is 1. The number of aromatic nitrogens is 3. The largest absolute Gasteiger partial charge is 0.322 e. The van der Waals surface area contributed by atoms with E-state index in [9.17, 15) is 13.6 Å². The van der Waals surface area contributed by atoms with Gasteiger partial charge in [-0.2, -0.15) is 0 Å². The van der Waals surface area contributed by atoms with Crippen LogP contribution in [0.25, 0.3) is 22.8 Å². The highest BCUT2D eigenvalue weighted by molar-refractivity contribution is 6.04. The van der Waals surface area contributed by atoms with Gasteiger partial charge in [-0.25, -0.2) is 18.7 Å². The lowest BCUT2D eigenvalue weighted by Gasteiger charge is -2.13. The molecule has 1 aliphatic carbocycles. The predicted molar refractivity (Wildman–Crippen MR) is 117 cm³/mol. The van der Waals surface area contributed by atoms with Gasteiger partial charge in [0.15, 0.2) is 5.82 Å². The minimum Gasteiger partial charge on any atom is -0.322 e. The summed E-state index contributed by atoms with van der Waals surface area (Å²) in [4.78, 5) is 26.1. The van der Waals surface area contributed by atoms with Crippen molar-refractivity contribution >= 4 is 11.6 Å². The number of nitrogens with zero attached hydrogens (tertiary/aromatic N) is 3. The number of benzene rings is 2. The molecular formula is C25H18F2N4O. The zero-order valence-corrected chi connectivity index (χ0v) is 17.0. The first kappa shape index (κ1) is 19.9. The Morgan fingerprint density at radius 2 is 1.72 bits per heavy atom. The third-order valence-electron chi connectivity index (χ3n) is 5.46. The molecule has 2 aromatic carbocycles. The average molecular weight is 428 g/mol. The first-order valence-corrected chi connectivity index (χ1v) is 10.3. The summed E-state index contributed by atoms with van der Waals surface area (Å²) in [6.07, 6.45) is 6.05. The van der Waals surface area contributed by atoms with Crippen molar-refractivity contribution in [1.82, 2.24) is 15.0 Å². The summed E-state index contributed by atoms with van der Waals surface area (Å²) in [6.45, 7) is 0. The van der Waals surface area contributed by atoms with E-state index in [4.69, 9.17) is 4.98 Å². The van der Waals surface area contributed by atoms with E-state index in [0.29, 0.717) is 17.2 Å². The molecule has 4 aromatic rings. The maximum atomic E-state index is 14.0. The number of rotatable bonds is 3. The number of aryl methyl sites for hydroxylation is 2. The van der Waals surface area contributed by atoms with Crippen molar-refractivity contribution in [1.29, 1.82) is 0 Å². The van der Waals surface area contributed by atoms with Crippen LogP contribution in [0.3, 0.4) is 0 Å². The summed E-state index contributed by atoms with van der Waals surface area (Å²) < 4.78 is 27.9. The lowest BCUT2D eigenvalue weighted by molar-refractivity contribution is 0.101. The normalized spacial score (nSPS) is 12.4. The smallest absolute Gasteiger partial charge is 0.261 e. The zero-order valence-electron chi connectivity index (χ0n) is 17.0. The van der Waals surface area contributed by atoms with Crippen LogP contribution >= 0.6 is 0 Å². The second kappa shape index (κ2) is 8.26. The van der Waals surface area contributed by atoms with E-state index in [1.165, 1.54) is 6.07 Å². The number of hydrogen-bond donors (Lipinski definition) is 1. The van der Waals surface area contributed by atoms with E-state index in [2.05, 4.69) is 15.3 Å². The molecule has 7 heteroatoms. The number of carbonyl (C=O) groups excluding carboxylic acids is 1. The summed E-state index contributed by atoms with van der Waals surface area (Å²) in [5.41, 5.74) is 4.41. The van der Waals surface area contributed by atoms with Crippen molar-refractivity contribution in [2.45, 2.75) is 19.3 Å². The SMILES string of the molecule is O=C(Nc1ccc2c(c1)CCCc1cnc(-c3ccccn3)nc1-2)c1c(F)cccc1F. The van der Waals surface area contributed by atoms with Crippen molar-refractivity contribution in [3.63, 3.8) is 0 Å². The highest BCUT2D eigenvalue weighted by Crippen LogP contribution is 2.33. The quantitative estimate of drug-likeness (QED) is 0.486. The number of anilines is 1. The fraction of sp³-hybridized carbons (Fsp3) is 0.120. The molecule has 2 heterocycles. The molecule has 0 saturated heterocycles.